The third-order valence-corrected chi connectivity index (χ3v) is 6.50. The van der Waals surface area contributed by atoms with Gasteiger partial charge in [0.05, 0.1) is 22.3 Å². The Morgan fingerprint density at radius 1 is 0.943 bits per heavy atom. The highest BCUT2D eigenvalue weighted by atomic mass is 35.5. The Morgan fingerprint density at radius 2 is 1.63 bits per heavy atom. The maximum Gasteiger partial charge on any atom is 0.271 e. The number of fused-ring (bicyclic) bond motifs is 1. The molecule has 0 unspecified atom stereocenters. The Bertz CT molecular complexity index is 1310. The first-order valence-electron chi connectivity index (χ1n) is 10.9. The summed E-state index contributed by atoms with van der Waals surface area (Å²) < 4.78 is 0. The molecule has 5 rings (SSSR count). The van der Waals surface area contributed by atoms with E-state index in [1.807, 2.05) is 43.3 Å². The lowest BCUT2D eigenvalue weighted by Gasteiger charge is -2.29. The Balaban J connectivity index is 1.58. The van der Waals surface area contributed by atoms with Crippen LogP contribution in [0.3, 0.4) is 0 Å². The maximum absolute atomic E-state index is 13.6. The molecule has 2 amide bonds. The lowest BCUT2D eigenvalue weighted by atomic mass is 9.90. The third kappa shape index (κ3) is 3.88. The zero-order valence-corrected chi connectivity index (χ0v) is 19.6. The van der Waals surface area contributed by atoms with Crippen LogP contribution in [0.25, 0.3) is 0 Å². The minimum absolute atomic E-state index is 0.120. The smallest absolute Gasteiger partial charge is 0.271 e. The van der Waals surface area contributed by atoms with Gasteiger partial charge in [-0.05, 0) is 48.0 Å². The second-order valence-corrected chi connectivity index (χ2v) is 9.01. The van der Waals surface area contributed by atoms with E-state index in [-0.39, 0.29) is 5.69 Å². The topological polar surface area (TPSA) is 96.2 Å². The summed E-state index contributed by atoms with van der Waals surface area (Å²) in [5, 5.41) is 13.3. The zero-order valence-electron chi connectivity index (χ0n) is 18.9. The van der Waals surface area contributed by atoms with E-state index in [1.54, 1.807) is 36.4 Å². The van der Waals surface area contributed by atoms with E-state index >= 15 is 0 Å². The van der Waals surface area contributed by atoms with Crippen molar-refractivity contribution in [2.45, 2.75) is 12.1 Å². The highest BCUT2D eigenvalue weighted by molar-refractivity contribution is 6.31. The van der Waals surface area contributed by atoms with Crippen molar-refractivity contribution in [3.05, 3.63) is 93.5 Å². The number of nitro groups is 1. The van der Waals surface area contributed by atoms with E-state index in [9.17, 15) is 19.7 Å². The van der Waals surface area contributed by atoms with Gasteiger partial charge in [0.2, 0.25) is 5.91 Å². The number of carbonyl (C=O) groups is 2. The van der Waals surface area contributed by atoms with Gasteiger partial charge in [-0.1, -0.05) is 29.8 Å². The maximum atomic E-state index is 13.6. The van der Waals surface area contributed by atoms with Crippen molar-refractivity contribution < 1.29 is 19.3 Å². The number of hydroxylamine groups is 1. The number of nitro benzene ring substituents is 1. The molecule has 0 saturated carbocycles. The number of anilines is 3. The molecule has 3 aromatic carbocycles. The number of hydrogen-bond donors (Lipinski definition) is 0. The lowest BCUT2D eigenvalue weighted by molar-refractivity contribution is -0.384. The quantitative estimate of drug-likeness (QED) is 0.296. The average Bonchev–Trinajstić information content (AvgIpc) is 3.36. The van der Waals surface area contributed by atoms with Crippen LogP contribution in [0.1, 0.15) is 11.6 Å². The number of benzene rings is 3. The molecule has 3 atom stereocenters. The minimum Gasteiger partial charge on any atom is -0.378 e. The normalized spacial score (nSPS) is 21.4. The van der Waals surface area contributed by atoms with Crippen molar-refractivity contribution in [3.8, 4) is 0 Å². The van der Waals surface area contributed by atoms with Crippen LogP contribution < -0.4 is 14.9 Å². The van der Waals surface area contributed by atoms with Gasteiger partial charge in [0.15, 0.2) is 6.10 Å². The molecule has 2 fully saturated rings. The van der Waals surface area contributed by atoms with Gasteiger partial charge in [0.1, 0.15) is 5.92 Å². The first-order chi connectivity index (χ1) is 16.8. The molecule has 2 saturated heterocycles. The summed E-state index contributed by atoms with van der Waals surface area (Å²) >= 11 is 5.98. The number of halogens is 1. The van der Waals surface area contributed by atoms with Gasteiger partial charge in [-0.3, -0.25) is 24.5 Å². The minimum atomic E-state index is -1.07. The highest BCUT2D eigenvalue weighted by Gasteiger charge is 2.60. The molecule has 0 radical (unpaired) electrons. The number of imide groups is 1. The van der Waals surface area contributed by atoms with Gasteiger partial charge < -0.3 is 4.90 Å². The molecule has 0 N–H and O–H groups in total. The number of amides is 2. The van der Waals surface area contributed by atoms with Crippen LogP contribution in [0.15, 0.2) is 72.8 Å². The number of rotatable bonds is 5. The summed E-state index contributed by atoms with van der Waals surface area (Å²) in [5.41, 5.74) is 2.38. The second-order valence-electron chi connectivity index (χ2n) is 8.57. The third-order valence-electron chi connectivity index (χ3n) is 6.25. The standard InChI is InChI=1S/C25H21ClN4O5/c1-27(2)17-10-6-15(7-11-17)22-21-23(35-29(22)19-4-3-5-20(14-19)30(33)34)25(32)28(24(21)31)18-12-8-16(26)9-13-18/h3-14,21-23H,1-2H3/t21-,22+,23+/m1/s1. The van der Waals surface area contributed by atoms with E-state index < -0.39 is 34.8 Å². The molecule has 0 bridgehead atoms. The van der Waals surface area contributed by atoms with E-state index in [2.05, 4.69) is 0 Å². The molecule has 0 aromatic heterocycles. The number of nitrogens with zero attached hydrogens (tertiary/aromatic N) is 4. The summed E-state index contributed by atoms with van der Waals surface area (Å²) in [6.45, 7) is 0. The Kier molecular flexibility index (Phi) is 5.66. The van der Waals surface area contributed by atoms with Crippen molar-refractivity contribution in [2.75, 3.05) is 29.0 Å². The van der Waals surface area contributed by atoms with Gasteiger partial charge in [0.25, 0.3) is 11.6 Å². The Labute approximate surface area is 206 Å². The molecule has 3 aromatic rings. The van der Waals surface area contributed by atoms with E-state index in [0.717, 1.165) is 16.2 Å². The van der Waals surface area contributed by atoms with Gasteiger partial charge in [-0.2, -0.15) is 0 Å². The molecular weight excluding hydrogens is 472 g/mol. The molecule has 0 aliphatic carbocycles. The van der Waals surface area contributed by atoms with Crippen molar-refractivity contribution in [1.82, 2.24) is 0 Å². The molecular formula is C25H21ClN4O5. The van der Waals surface area contributed by atoms with Gasteiger partial charge in [-0.25, -0.2) is 9.96 Å². The van der Waals surface area contributed by atoms with Crippen LogP contribution in [0.4, 0.5) is 22.7 Å². The fourth-order valence-corrected chi connectivity index (χ4v) is 4.66. The Morgan fingerprint density at radius 3 is 2.26 bits per heavy atom. The van der Waals surface area contributed by atoms with Crippen LogP contribution in [0, 0.1) is 16.0 Å². The molecule has 0 spiro atoms. The van der Waals surface area contributed by atoms with Crippen LogP contribution in [0.2, 0.25) is 5.02 Å². The van der Waals surface area contributed by atoms with Crippen molar-refractivity contribution in [3.63, 3.8) is 0 Å². The fraction of sp³-hybridized carbons (Fsp3) is 0.200. The van der Waals surface area contributed by atoms with E-state index in [1.165, 1.54) is 17.2 Å². The first-order valence-corrected chi connectivity index (χ1v) is 11.2. The van der Waals surface area contributed by atoms with Crippen LogP contribution in [0.5, 0.6) is 0 Å². The monoisotopic (exact) mass is 492 g/mol. The van der Waals surface area contributed by atoms with Gasteiger partial charge in [-0.15, -0.1) is 0 Å². The molecule has 10 heteroatoms. The number of carbonyl (C=O) groups excluding carboxylic acids is 2. The average molecular weight is 493 g/mol. The summed E-state index contributed by atoms with van der Waals surface area (Å²) in [4.78, 5) is 47.0. The largest absolute Gasteiger partial charge is 0.378 e. The van der Waals surface area contributed by atoms with Crippen molar-refractivity contribution in [1.29, 1.82) is 0 Å². The number of non-ortho nitro benzene ring substituents is 1. The number of hydrogen-bond acceptors (Lipinski definition) is 7. The molecule has 178 valence electrons. The van der Waals surface area contributed by atoms with Crippen LogP contribution in [-0.2, 0) is 14.4 Å². The highest BCUT2D eigenvalue weighted by Crippen LogP contribution is 2.48. The van der Waals surface area contributed by atoms with Gasteiger partial charge >= 0.3 is 0 Å². The zero-order chi connectivity index (χ0) is 24.9. The van der Waals surface area contributed by atoms with Crippen LogP contribution >= 0.6 is 11.6 Å². The van der Waals surface area contributed by atoms with Gasteiger partial charge in [0, 0.05) is 36.9 Å². The summed E-state index contributed by atoms with van der Waals surface area (Å²) in [6, 6.07) is 19.3. The van der Waals surface area contributed by atoms with Crippen molar-refractivity contribution in [2.24, 2.45) is 5.92 Å². The Hall–Kier alpha value is -3.95. The predicted molar refractivity (Wildman–Crippen MR) is 131 cm³/mol. The summed E-state index contributed by atoms with van der Waals surface area (Å²) in [7, 11) is 3.84. The molecule has 35 heavy (non-hydrogen) atoms. The predicted octanol–water partition coefficient (Wildman–Crippen LogP) is 4.37. The van der Waals surface area contributed by atoms with Crippen LogP contribution in [-0.4, -0.2) is 36.9 Å². The fourth-order valence-electron chi connectivity index (χ4n) is 4.54. The summed E-state index contributed by atoms with van der Waals surface area (Å²) in [6.07, 6.45) is -1.07. The van der Waals surface area contributed by atoms with E-state index in [4.69, 9.17) is 16.4 Å². The van der Waals surface area contributed by atoms with Crippen molar-refractivity contribution >= 4 is 46.2 Å². The first kappa shape index (κ1) is 22.8. The SMILES string of the molecule is CN(C)c1ccc([C@H]2[C@H]3C(=O)N(c4ccc(Cl)cc4)C(=O)[C@H]3ON2c2cccc([N+](=O)[O-])c2)cc1. The molecule has 2 aliphatic heterocycles. The molecule has 2 aliphatic rings. The lowest BCUT2D eigenvalue weighted by Crippen LogP contribution is -2.37. The summed E-state index contributed by atoms with van der Waals surface area (Å²) in [5.74, 6) is -1.75. The van der Waals surface area contributed by atoms with E-state index in [0.29, 0.717) is 16.4 Å². The molecule has 9 nitrogen and oxygen atoms in total. The molecule has 2 heterocycles. The second kappa shape index (κ2) is 8.68.